The summed E-state index contributed by atoms with van der Waals surface area (Å²) >= 11 is 0. The molecule has 1 heterocycles. The third-order valence-electron chi connectivity index (χ3n) is 7.29. The molecule has 1 aromatic rings. The van der Waals surface area contributed by atoms with Crippen LogP contribution in [0, 0.1) is 23.7 Å². The summed E-state index contributed by atoms with van der Waals surface area (Å²) in [6.45, 7) is 3.95. The summed E-state index contributed by atoms with van der Waals surface area (Å²) < 4.78 is 11.8. The zero-order valence-corrected chi connectivity index (χ0v) is 18.0. The zero-order chi connectivity index (χ0) is 21.3. The molecule has 1 aliphatic heterocycles. The van der Waals surface area contributed by atoms with Gasteiger partial charge in [0.2, 0.25) is 5.79 Å². The number of ketones is 3. The van der Waals surface area contributed by atoms with Crippen LogP contribution in [-0.2, 0) is 14.4 Å². The van der Waals surface area contributed by atoms with Gasteiger partial charge in [-0.1, -0.05) is 19.1 Å². The Balaban J connectivity index is 1.24. The highest BCUT2D eigenvalue weighted by atomic mass is 16.7. The summed E-state index contributed by atoms with van der Waals surface area (Å²) in [7, 11) is 0. The Labute approximate surface area is 178 Å². The molecule has 1 aromatic carbocycles. The molecule has 4 atom stereocenters. The molecule has 162 valence electrons. The summed E-state index contributed by atoms with van der Waals surface area (Å²) in [6.07, 6.45) is 5.69. The molecule has 2 aliphatic carbocycles. The van der Waals surface area contributed by atoms with E-state index in [1.807, 2.05) is 31.2 Å². The van der Waals surface area contributed by atoms with Crippen LogP contribution in [0.2, 0.25) is 0 Å². The van der Waals surface area contributed by atoms with Crippen molar-refractivity contribution in [3.8, 4) is 11.5 Å². The van der Waals surface area contributed by atoms with Crippen molar-refractivity contribution >= 4 is 17.3 Å². The first-order valence-corrected chi connectivity index (χ1v) is 11.5. The van der Waals surface area contributed by atoms with Crippen molar-refractivity contribution in [3.63, 3.8) is 0 Å². The van der Waals surface area contributed by atoms with Gasteiger partial charge in [0.15, 0.2) is 11.5 Å². The van der Waals surface area contributed by atoms with Crippen LogP contribution >= 0.6 is 0 Å². The summed E-state index contributed by atoms with van der Waals surface area (Å²) in [6, 6.07) is 7.60. The van der Waals surface area contributed by atoms with Gasteiger partial charge in [-0.05, 0) is 50.2 Å². The van der Waals surface area contributed by atoms with Gasteiger partial charge < -0.3 is 9.47 Å². The smallest absolute Gasteiger partial charge is 0.248 e. The van der Waals surface area contributed by atoms with E-state index in [-0.39, 0.29) is 35.2 Å². The predicted molar refractivity (Wildman–Crippen MR) is 112 cm³/mol. The quantitative estimate of drug-likeness (QED) is 0.607. The van der Waals surface area contributed by atoms with Crippen molar-refractivity contribution in [3.05, 3.63) is 24.3 Å². The number of Topliss-reactive ketones (excluding diaryl/α,β-unsaturated/α-hetero) is 3. The van der Waals surface area contributed by atoms with Gasteiger partial charge in [0, 0.05) is 50.4 Å². The number of fused-ring (bicyclic) bond motifs is 2. The predicted octanol–water partition coefficient (Wildman–Crippen LogP) is 4.90. The van der Waals surface area contributed by atoms with Crippen molar-refractivity contribution in [1.29, 1.82) is 0 Å². The van der Waals surface area contributed by atoms with Gasteiger partial charge in [-0.2, -0.15) is 0 Å². The first-order chi connectivity index (χ1) is 14.4. The number of ether oxygens (including phenoxy) is 2. The molecule has 4 rings (SSSR count). The molecule has 5 nitrogen and oxygen atoms in total. The van der Waals surface area contributed by atoms with Crippen molar-refractivity contribution in [2.24, 2.45) is 23.7 Å². The molecule has 2 saturated carbocycles. The summed E-state index contributed by atoms with van der Waals surface area (Å²) in [5, 5.41) is 0. The standard InChI is InChI=1S/C25H32O5/c1-3-16-15-20-18(21(27)13-12-19(20)24(16)28)11-10-17(26)7-6-14-25(2)29-22-8-4-5-9-23(22)30-25/h4-5,8-9,16,18-20H,3,6-7,10-15H2,1-2H3/t16-,18?,19?,20-/m1/s1. The van der Waals surface area contributed by atoms with E-state index >= 15 is 0 Å². The highest BCUT2D eigenvalue weighted by Gasteiger charge is 2.48. The Morgan fingerprint density at radius 2 is 1.83 bits per heavy atom. The molecule has 0 radical (unpaired) electrons. The molecule has 0 amide bonds. The number of carbonyl (C=O) groups is 3. The maximum atomic E-state index is 12.5. The normalized spacial score (nSPS) is 29.1. The Morgan fingerprint density at radius 1 is 1.13 bits per heavy atom. The van der Waals surface area contributed by atoms with E-state index in [0.29, 0.717) is 50.7 Å². The molecular weight excluding hydrogens is 380 g/mol. The van der Waals surface area contributed by atoms with Crippen LogP contribution in [-0.4, -0.2) is 23.1 Å². The van der Waals surface area contributed by atoms with Crippen LogP contribution in [0.25, 0.3) is 0 Å². The molecule has 5 heteroatoms. The van der Waals surface area contributed by atoms with Crippen molar-refractivity contribution in [1.82, 2.24) is 0 Å². The maximum Gasteiger partial charge on any atom is 0.248 e. The molecule has 0 spiro atoms. The summed E-state index contributed by atoms with van der Waals surface area (Å²) in [4.78, 5) is 37.6. The van der Waals surface area contributed by atoms with E-state index in [0.717, 1.165) is 24.3 Å². The Kier molecular flexibility index (Phi) is 5.99. The molecule has 0 N–H and O–H groups in total. The number of benzene rings is 1. The fraction of sp³-hybridized carbons (Fsp3) is 0.640. The Bertz CT molecular complexity index is 804. The van der Waals surface area contributed by atoms with Crippen LogP contribution in [0.4, 0.5) is 0 Å². The lowest BCUT2D eigenvalue weighted by molar-refractivity contribution is -0.131. The molecular formula is C25H32O5. The number of hydrogen-bond acceptors (Lipinski definition) is 5. The van der Waals surface area contributed by atoms with Gasteiger partial charge in [-0.15, -0.1) is 0 Å². The fourth-order valence-corrected chi connectivity index (χ4v) is 5.64. The van der Waals surface area contributed by atoms with E-state index < -0.39 is 5.79 Å². The molecule has 2 fully saturated rings. The van der Waals surface area contributed by atoms with Crippen LogP contribution in [0.3, 0.4) is 0 Å². The third kappa shape index (κ3) is 4.17. The first-order valence-electron chi connectivity index (χ1n) is 11.5. The average Bonchev–Trinajstić information content (AvgIpc) is 3.23. The number of carbonyl (C=O) groups excluding carboxylic acids is 3. The summed E-state index contributed by atoms with van der Waals surface area (Å²) in [5.41, 5.74) is 0. The first kappa shape index (κ1) is 21.1. The number of rotatable bonds is 8. The number of hydrogen-bond donors (Lipinski definition) is 0. The monoisotopic (exact) mass is 412 g/mol. The Morgan fingerprint density at radius 3 is 2.50 bits per heavy atom. The highest BCUT2D eigenvalue weighted by Crippen LogP contribution is 2.47. The molecule has 0 aromatic heterocycles. The number of para-hydroxylation sites is 2. The molecule has 30 heavy (non-hydrogen) atoms. The molecule has 3 aliphatic rings. The van der Waals surface area contributed by atoms with Crippen LogP contribution in [0.5, 0.6) is 11.5 Å². The minimum Gasteiger partial charge on any atom is -0.449 e. The van der Waals surface area contributed by atoms with Crippen molar-refractivity contribution in [2.45, 2.75) is 77.4 Å². The lowest BCUT2D eigenvalue weighted by Crippen LogP contribution is -2.35. The summed E-state index contributed by atoms with van der Waals surface area (Å²) in [5.74, 6) is 1.77. The maximum absolute atomic E-state index is 12.5. The van der Waals surface area contributed by atoms with Crippen molar-refractivity contribution < 1.29 is 23.9 Å². The van der Waals surface area contributed by atoms with E-state index in [1.54, 1.807) is 0 Å². The van der Waals surface area contributed by atoms with E-state index in [1.165, 1.54) is 0 Å². The zero-order valence-electron chi connectivity index (χ0n) is 18.0. The van der Waals surface area contributed by atoms with Gasteiger partial charge in [0.25, 0.3) is 0 Å². The second-order valence-electron chi connectivity index (χ2n) is 9.34. The van der Waals surface area contributed by atoms with Gasteiger partial charge in [0.1, 0.15) is 17.3 Å². The topological polar surface area (TPSA) is 69.7 Å². The van der Waals surface area contributed by atoms with Gasteiger partial charge in [-0.3, -0.25) is 14.4 Å². The lowest BCUT2D eigenvalue weighted by Gasteiger charge is -2.31. The van der Waals surface area contributed by atoms with Gasteiger partial charge in [-0.25, -0.2) is 0 Å². The highest BCUT2D eigenvalue weighted by molar-refractivity contribution is 5.91. The minimum absolute atomic E-state index is 0.0472. The average molecular weight is 413 g/mol. The van der Waals surface area contributed by atoms with E-state index in [4.69, 9.17) is 9.47 Å². The van der Waals surface area contributed by atoms with Crippen LogP contribution in [0.1, 0.15) is 71.6 Å². The lowest BCUT2D eigenvalue weighted by atomic mass is 9.71. The second kappa shape index (κ2) is 8.52. The largest absolute Gasteiger partial charge is 0.449 e. The Hall–Kier alpha value is -2.17. The van der Waals surface area contributed by atoms with Crippen LogP contribution < -0.4 is 9.47 Å². The molecule has 0 saturated heterocycles. The van der Waals surface area contributed by atoms with Crippen LogP contribution in [0.15, 0.2) is 24.3 Å². The second-order valence-corrected chi connectivity index (χ2v) is 9.34. The van der Waals surface area contributed by atoms with Gasteiger partial charge in [0.05, 0.1) is 0 Å². The SMILES string of the molecule is CC[C@@H]1C[C@@H]2C(CCC(=O)CCCC3(C)Oc4ccccc4O3)C(=O)CCC2C1=O. The van der Waals surface area contributed by atoms with E-state index in [9.17, 15) is 14.4 Å². The van der Waals surface area contributed by atoms with Gasteiger partial charge >= 0.3 is 0 Å². The minimum atomic E-state index is -0.726. The fourth-order valence-electron chi connectivity index (χ4n) is 5.64. The molecule has 2 unspecified atom stereocenters. The third-order valence-corrected chi connectivity index (χ3v) is 7.29. The molecule has 0 bridgehead atoms. The van der Waals surface area contributed by atoms with E-state index in [2.05, 4.69) is 6.92 Å². The van der Waals surface area contributed by atoms with Crippen molar-refractivity contribution in [2.75, 3.05) is 0 Å².